The van der Waals surface area contributed by atoms with Gasteiger partial charge in [-0.25, -0.2) is 4.98 Å². The van der Waals surface area contributed by atoms with Crippen molar-refractivity contribution in [1.29, 1.82) is 0 Å². The molecule has 0 spiro atoms. The zero-order chi connectivity index (χ0) is 19.5. The molecule has 28 heavy (non-hydrogen) atoms. The first-order chi connectivity index (χ1) is 13.7. The summed E-state index contributed by atoms with van der Waals surface area (Å²) in [6.45, 7) is 6.85. The molecule has 2 aromatic carbocycles. The number of pyridine rings is 1. The third-order valence-corrected chi connectivity index (χ3v) is 5.40. The molecular weight excluding hydrogens is 352 g/mol. The topological polar surface area (TPSA) is 54.8 Å². The van der Waals surface area contributed by atoms with Crippen LogP contribution in [0, 0.1) is 6.92 Å². The van der Waals surface area contributed by atoms with Crippen LogP contribution in [0.25, 0.3) is 22.2 Å². The molecule has 3 aromatic rings. The minimum absolute atomic E-state index is 0.124. The number of para-hydroxylation sites is 1. The fourth-order valence-corrected chi connectivity index (χ4v) is 3.74. The van der Waals surface area contributed by atoms with Crippen molar-refractivity contribution < 1.29 is 14.6 Å². The van der Waals surface area contributed by atoms with E-state index in [0.717, 1.165) is 61.4 Å². The number of rotatable bonds is 5. The van der Waals surface area contributed by atoms with Crippen LogP contribution < -0.4 is 4.74 Å². The number of phenolic OH excluding ortho intramolecular Hbond substituents is 1. The normalized spacial score (nSPS) is 15.1. The third-order valence-electron chi connectivity index (χ3n) is 5.40. The fourth-order valence-electron chi connectivity index (χ4n) is 3.74. The Kier molecular flexibility index (Phi) is 5.46. The van der Waals surface area contributed by atoms with Crippen LogP contribution in [-0.4, -0.2) is 54.9 Å². The summed E-state index contributed by atoms with van der Waals surface area (Å²) >= 11 is 0. The van der Waals surface area contributed by atoms with E-state index in [1.165, 1.54) is 5.56 Å². The van der Waals surface area contributed by atoms with E-state index in [2.05, 4.69) is 30.0 Å². The molecular formula is C23H26N2O3. The Hall–Kier alpha value is -2.63. The van der Waals surface area contributed by atoms with Gasteiger partial charge < -0.3 is 14.6 Å². The van der Waals surface area contributed by atoms with Crippen LogP contribution in [0.1, 0.15) is 11.1 Å². The van der Waals surface area contributed by atoms with Gasteiger partial charge in [0, 0.05) is 30.6 Å². The zero-order valence-electron chi connectivity index (χ0n) is 16.4. The number of hydrogen-bond donors (Lipinski definition) is 1. The van der Waals surface area contributed by atoms with Gasteiger partial charge in [-0.2, -0.15) is 0 Å². The average Bonchev–Trinajstić information content (AvgIpc) is 2.73. The van der Waals surface area contributed by atoms with Crippen molar-refractivity contribution in [2.45, 2.75) is 13.3 Å². The largest absolute Gasteiger partial charge is 0.504 e. The lowest BCUT2D eigenvalue weighted by Crippen LogP contribution is -2.37. The van der Waals surface area contributed by atoms with Crippen LogP contribution in [0.2, 0.25) is 0 Å². The number of methoxy groups -OCH3 is 1. The molecule has 0 unspecified atom stereocenters. The highest BCUT2D eigenvalue weighted by Crippen LogP contribution is 2.37. The van der Waals surface area contributed by atoms with Crippen LogP contribution in [-0.2, 0) is 11.2 Å². The Balaban J connectivity index is 1.61. The fraction of sp³-hybridized carbons (Fsp3) is 0.348. The van der Waals surface area contributed by atoms with Gasteiger partial charge in [-0.3, -0.25) is 4.90 Å². The number of nitrogens with zero attached hydrogens (tertiary/aromatic N) is 2. The molecule has 0 amide bonds. The summed E-state index contributed by atoms with van der Waals surface area (Å²) in [4.78, 5) is 7.24. The summed E-state index contributed by atoms with van der Waals surface area (Å²) in [5, 5.41) is 11.6. The highest BCUT2D eigenvalue weighted by Gasteiger charge is 2.14. The molecule has 1 N–H and O–H groups in total. The lowest BCUT2D eigenvalue weighted by Gasteiger charge is -2.26. The van der Waals surface area contributed by atoms with Crippen LogP contribution in [0.4, 0.5) is 0 Å². The van der Waals surface area contributed by atoms with Gasteiger partial charge in [0.2, 0.25) is 0 Å². The lowest BCUT2D eigenvalue weighted by molar-refractivity contribution is 0.0384. The molecule has 1 aliphatic rings. The summed E-state index contributed by atoms with van der Waals surface area (Å²) in [5.41, 5.74) is 4.84. The number of ether oxygens (including phenoxy) is 2. The number of morpholine rings is 1. The Labute approximate surface area is 165 Å². The van der Waals surface area contributed by atoms with Crippen molar-refractivity contribution in [1.82, 2.24) is 9.88 Å². The van der Waals surface area contributed by atoms with Gasteiger partial charge in [0.05, 0.1) is 31.5 Å². The van der Waals surface area contributed by atoms with Crippen molar-refractivity contribution >= 4 is 10.9 Å². The van der Waals surface area contributed by atoms with Crippen molar-refractivity contribution in [2.24, 2.45) is 0 Å². The molecule has 1 fully saturated rings. The van der Waals surface area contributed by atoms with Crippen molar-refractivity contribution in [3.05, 3.63) is 53.6 Å². The first-order valence-corrected chi connectivity index (χ1v) is 9.72. The molecule has 5 heteroatoms. The monoisotopic (exact) mass is 378 g/mol. The first-order valence-electron chi connectivity index (χ1n) is 9.72. The van der Waals surface area contributed by atoms with Gasteiger partial charge in [0.1, 0.15) is 0 Å². The van der Waals surface area contributed by atoms with E-state index in [0.29, 0.717) is 11.3 Å². The molecule has 5 nitrogen and oxygen atoms in total. The summed E-state index contributed by atoms with van der Waals surface area (Å²) in [5.74, 6) is 0.578. The molecule has 0 aliphatic carbocycles. The SMILES string of the molecule is COc1cccc(-c2cc(C)c3cc(CCN4CCOCC4)ccc3n2)c1O. The highest BCUT2D eigenvalue weighted by atomic mass is 16.5. The number of aromatic hydroxyl groups is 1. The second-order valence-electron chi connectivity index (χ2n) is 7.24. The number of hydrogen-bond acceptors (Lipinski definition) is 5. The standard InChI is InChI=1S/C23H26N2O3/c1-16-14-21(18-4-3-5-22(27-2)23(18)26)24-20-7-6-17(15-19(16)20)8-9-25-10-12-28-13-11-25/h3-7,14-15,26H,8-13H2,1-2H3. The molecule has 2 heterocycles. The Morgan fingerprint density at radius 3 is 2.75 bits per heavy atom. The number of aryl methyl sites for hydroxylation is 1. The highest BCUT2D eigenvalue weighted by molar-refractivity contribution is 5.86. The molecule has 1 saturated heterocycles. The van der Waals surface area contributed by atoms with Crippen molar-refractivity contribution in [2.75, 3.05) is 40.0 Å². The van der Waals surface area contributed by atoms with Gasteiger partial charge in [-0.15, -0.1) is 0 Å². The van der Waals surface area contributed by atoms with Gasteiger partial charge in [-0.05, 0) is 54.8 Å². The minimum atomic E-state index is 0.124. The minimum Gasteiger partial charge on any atom is -0.504 e. The van der Waals surface area contributed by atoms with Gasteiger partial charge in [0.25, 0.3) is 0 Å². The summed E-state index contributed by atoms with van der Waals surface area (Å²) in [6, 6.07) is 14.0. The summed E-state index contributed by atoms with van der Waals surface area (Å²) < 4.78 is 10.6. The molecule has 1 aliphatic heterocycles. The quantitative estimate of drug-likeness (QED) is 0.732. The maximum absolute atomic E-state index is 10.5. The Bertz CT molecular complexity index is 981. The van der Waals surface area contributed by atoms with Crippen LogP contribution in [0.15, 0.2) is 42.5 Å². The van der Waals surface area contributed by atoms with E-state index >= 15 is 0 Å². The van der Waals surface area contributed by atoms with E-state index in [4.69, 9.17) is 14.5 Å². The predicted molar refractivity (Wildman–Crippen MR) is 111 cm³/mol. The van der Waals surface area contributed by atoms with Gasteiger partial charge >= 0.3 is 0 Å². The Morgan fingerprint density at radius 1 is 1.14 bits per heavy atom. The smallest absolute Gasteiger partial charge is 0.167 e. The van der Waals surface area contributed by atoms with Crippen LogP contribution in [0.5, 0.6) is 11.5 Å². The number of phenols is 1. The van der Waals surface area contributed by atoms with E-state index in [9.17, 15) is 5.11 Å². The number of aromatic nitrogens is 1. The maximum Gasteiger partial charge on any atom is 0.167 e. The van der Waals surface area contributed by atoms with Crippen molar-refractivity contribution in [3.8, 4) is 22.8 Å². The third kappa shape index (κ3) is 3.81. The van der Waals surface area contributed by atoms with Gasteiger partial charge in [-0.1, -0.05) is 12.1 Å². The summed E-state index contributed by atoms with van der Waals surface area (Å²) in [6.07, 6.45) is 1.02. The van der Waals surface area contributed by atoms with Gasteiger partial charge in [0.15, 0.2) is 11.5 Å². The van der Waals surface area contributed by atoms with E-state index < -0.39 is 0 Å². The van der Waals surface area contributed by atoms with Crippen molar-refractivity contribution in [3.63, 3.8) is 0 Å². The molecule has 4 rings (SSSR count). The Morgan fingerprint density at radius 2 is 1.96 bits per heavy atom. The van der Waals surface area contributed by atoms with E-state index in [-0.39, 0.29) is 5.75 Å². The number of benzene rings is 2. The second kappa shape index (κ2) is 8.17. The molecule has 1 aromatic heterocycles. The van der Waals surface area contributed by atoms with Crippen LogP contribution >= 0.6 is 0 Å². The van der Waals surface area contributed by atoms with E-state index in [1.54, 1.807) is 13.2 Å². The molecule has 0 bridgehead atoms. The molecule has 0 radical (unpaired) electrons. The number of fused-ring (bicyclic) bond motifs is 1. The van der Waals surface area contributed by atoms with Crippen LogP contribution in [0.3, 0.4) is 0 Å². The summed E-state index contributed by atoms with van der Waals surface area (Å²) in [7, 11) is 1.55. The van der Waals surface area contributed by atoms with E-state index in [1.807, 2.05) is 18.2 Å². The average molecular weight is 378 g/mol. The maximum atomic E-state index is 10.5. The molecule has 0 saturated carbocycles. The predicted octanol–water partition coefficient (Wildman–Crippen LogP) is 3.80. The molecule has 0 atom stereocenters. The molecule has 146 valence electrons. The second-order valence-corrected chi connectivity index (χ2v) is 7.24. The first kappa shape index (κ1) is 18.7. The lowest BCUT2D eigenvalue weighted by atomic mass is 10.0. The zero-order valence-corrected chi connectivity index (χ0v) is 16.4.